The fourth-order valence-electron chi connectivity index (χ4n) is 3.59. The molecular formula is C20H24N2O2. The standard InChI is InChI=1S/C20H24N2O2/c1-2-6-16(7-3-1)13-22-11-5-9-18(14-22)21-12-17-8-4-10-19-20(17)24-15-23-19/h1-4,6-8,10,18,21H,5,9,11-15H2/t18-/m1/s1. The molecule has 0 bridgehead atoms. The summed E-state index contributed by atoms with van der Waals surface area (Å²) in [4.78, 5) is 2.55. The zero-order valence-corrected chi connectivity index (χ0v) is 13.9. The summed E-state index contributed by atoms with van der Waals surface area (Å²) < 4.78 is 11.1. The molecule has 0 spiro atoms. The van der Waals surface area contributed by atoms with E-state index in [1.165, 1.54) is 30.5 Å². The van der Waals surface area contributed by atoms with Gasteiger partial charge in [0.1, 0.15) is 0 Å². The highest BCUT2D eigenvalue weighted by Crippen LogP contribution is 2.35. The third-order valence-corrected chi connectivity index (χ3v) is 4.81. The summed E-state index contributed by atoms with van der Waals surface area (Å²) in [5.74, 6) is 1.77. The summed E-state index contributed by atoms with van der Waals surface area (Å²) in [5, 5.41) is 3.71. The van der Waals surface area contributed by atoms with Crippen LogP contribution in [-0.2, 0) is 13.1 Å². The molecule has 4 rings (SSSR count). The molecule has 1 N–H and O–H groups in total. The summed E-state index contributed by atoms with van der Waals surface area (Å²) in [6, 6.07) is 17.4. The normalized spacial score (nSPS) is 20.2. The van der Waals surface area contributed by atoms with Crippen molar-refractivity contribution in [2.24, 2.45) is 0 Å². The molecule has 1 saturated heterocycles. The van der Waals surface area contributed by atoms with Gasteiger partial charge in [0, 0.05) is 31.2 Å². The van der Waals surface area contributed by atoms with Gasteiger partial charge in [0.15, 0.2) is 11.5 Å². The van der Waals surface area contributed by atoms with E-state index in [0.717, 1.165) is 31.1 Å². The Kier molecular flexibility index (Phi) is 4.67. The van der Waals surface area contributed by atoms with E-state index in [-0.39, 0.29) is 0 Å². The molecule has 24 heavy (non-hydrogen) atoms. The number of nitrogens with one attached hydrogen (secondary N) is 1. The number of para-hydroxylation sites is 1. The number of hydrogen-bond donors (Lipinski definition) is 1. The summed E-state index contributed by atoms with van der Waals surface area (Å²) in [5.41, 5.74) is 2.58. The number of nitrogens with zero attached hydrogens (tertiary/aromatic N) is 1. The summed E-state index contributed by atoms with van der Waals surface area (Å²) >= 11 is 0. The van der Waals surface area contributed by atoms with Crippen molar-refractivity contribution in [2.75, 3.05) is 19.9 Å². The van der Waals surface area contributed by atoms with Gasteiger partial charge in [0.05, 0.1) is 0 Å². The van der Waals surface area contributed by atoms with Gasteiger partial charge in [0.25, 0.3) is 0 Å². The molecule has 0 radical (unpaired) electrons. The number of hydrogen-bond acceptors (Lipinski definition) is 4. The number of rotatable bonds is 5. The van der Waals surface area contributed by atoms with Gasteiger partial charge in [0.2, 0.25) is 6.79 Å². The minimum Gasteiger partial charge on any atom is -0.454 e. The first-order valence-corrected chi connectivity index (χ1v) is 8.75. The van der Waals surface area contributed by atoms with Gasteiger partial charge in [-0.25, -0.2) is 0 Å². The average Bonchev–Trinajstić information content (AvgIpc) is 3.10. The maximum atomic E-state index is 5.60. The Morgan fingerprint density at radius 2 is 1.96 bits per heavy atom. The van der Waals surface area contributed by atoms with E-state index in [9.17, 15) is 0 Å². The van der Waals surface area contributed by atoms with E-state index in [1.807, 2.05) is 12.1 Å². The predicted molar refractivity (Wildman–Crippen MR) is 94.1 cm³/mol. The summed E-state index contributed by atoms with van der Waals surface area (Å²) in [6.07, 6.45) is 2.48. The molecule has 0 aliphatic carbocycles. The van der Waals surface area contributed by atoms with Gasteiger partial charge in [-0.3, -0.25) is 4.90 Å². The van der Waals surface area contributed by atoms with Crippen LogP contribution in [0, 0.1) is 0 Å². The highest BCUT2D eigenvalue weighted by atomic mass is 16.7. The molecule has 0 amide bonds. The van der Waals surface area contributed by atoms with Gasteiger partial charge in [-0.05, 0) is 31.0 Å². The van der Waals surface area contributed by atoms with Crippen molar-refractivity contribution in [3.63, 3.8) is 0 Å². The Labute approximate surface area is 143 Å². The minimum absolute atomic E-state index is 0.334. The fourth-order valence-corrected chi connectivity index (χ4v) is 3.59. The van der Waals surface area contributed by atoms with Crippen molar-refractivity contribution in [2.45, 2.75) is 32.0 Å². The maximum absolute atomic E-state index is 5.60. The zero-order chi connectivity index (χ0) is 16.2. The Bertz CT molecular complexity index is 675. The summed E-state index contributed by atoms with van der Waals surface area (Å²) in [7, 11) is 0. The molecule has 2 aromatic carbocycles. The average molecular weight is 324 g/mol. The van der Waals surface area contributed by atoms with Gasteiger partial charge >= 0.3 is 0 Å². The smallest absolute Gasteiger partial charge is 0.231 e. The predicted octanol–water partition coefficient (Wildman–Crippen LogP) is 3.17. The van der Waals surface area contributed by atoms with Crippen LogP contribution < -0.4 is 14.8 Å². The third kappa shape index (κ3) is 3.55. The van der Waals surface area contributed by atoms with Gasteiger partial charge in [-0.2, -0.15) is 0 Å². The highest BCUT2D eigenvalue weighted by Gasteiger charge is 2.21. The number of ether oxygens (including phenoxy) is 2. The molecule has 2 heterocycles. The lowest BCUT2D eigenvalue weighted by molar-refractivity contribution is 0.171. The molecule has 4 heteroatoms. The monoisotopic (exact) mass is 324 g/mol. The first-order chi connectivity index (χ1) is 11.9. The van der Waals surface area contributed by atoms with E-state index in [1.54, 1.807) is 0 Å². The van der Waals surface area contributed by atoms with Crippen LogP contribution in [0.3, 0.4) is 0 Å². The lowest BCUT2D eigenvalue weighted by Crippen LogP contribution is -2.45. The van der Waals surface area contributed by atoms with Crippen molar-refractivity contribution >= 4 is 0 Å². The van der Waals surface area contributed by atoms with E-state index in [2.05, 4.69) is 46.6 Å². The Hall–Kier alpha value is -2.04. The van der Waals surface area contributed by atoms with Gasteiger partial charge in [-0.15, -0.1) is 0 Å². The summed E-state index contributed by atoms with van der Waals surface area (Å²) in [6.45, 7) is 4.49. The Morgan fingerprint density at radius 3 is 2.88 bits per heavy atom. The molecule has 4 nitrogen and oxygen atoms in total. The van der Waals surface area contributed by atoms with Crippen LogP contribution in [0.25, 0.3) is 0 Å². The second kappa shape index (κ2) is 7.24. The molecule has 2 aromatic rings. The van der Waals surface area contributed by atoms with E-state index in [0.29, 0.717) is 12.8 Å². The first-order valence-electron chi connectivity index (χ1n) is 8.75. The van der Waals surface area contributed by atoms with Crippen molar-refractivity contribution in [3.05, 3.63) is 59.7 Å². The van der Waals surface area contributed by atoms with E-state index in [4.69, 9.17) is 9.47 Å². The molecular weight excluding hydrogens is 300 g/mol. The number of piperidine rings is 1. The topological polar surface area (TPSA) is 33.7 Å². The molecule has 0 aromatic heterocycles. The third-order valence-electron chi connectivity index (χ3n) is 4.81. The van der Waals surface area contributed by atoms with Crippen molar-refractivity contribution in [1.29, 1.82) is 0 Å². The molecule has 0 saturated carbocycles. The van der Waals surface area contributed by atoms with Gasteiger partial charge in [-0.1, -0.05) is 42.5 Å². The van der Waals surface area contributed by atoms with Crippen LogP contribution in [0.4, 0.5) is 0 Å². The van der Waals surface area contributed by atoms with Crippen LogP contribution in [0.2, 0.25) is 0 Å². The molecule has 2 aliphatic heterocycles. The highest BCUT2D eigenvalue weighted by molar-refractivity contribution is 5.48. The molecule has 0 unspecified atom stereocenters. The number of benzene rings is 2. The first kappa shape index (κ1) is 15.5. The van der Waals surface area contributed by atoms with Gasteiger partial charge < -0.3 is 14.8 Å². The Morgan fingerprint density at radius 1 is 1.04 bits per heavy atom. The molecule has 1 fully saturated rings. The fraction of sp³-hybridized carbons (Fsp3) is 0.400. The largest absolute Gasteiger partial charge is 0.454 e. The zero-order valence-electron chi connectivity index (χ0n) is 13.9. The number of fused-ring (bicyclic) bond motifs is 1. The van der Waals surface area contributed by atoms with Crippen LogP contribution in [0.15, 0.2) is 48.5 Å². The van der Waals surface area contributed by atoms with E-state index < -0.39 is 0 Å². The van der Waals surface area contributed by atoms with Crippen LogP contribution in [0.1, 0.15) is 24.0 Å². The maximum Gasteiger partial charge on any atom is 0.231 e. The Balaban J connectivity index is 1.33. The quantitative estimate of drug-likeness (QED) is 0.916. The number of likely N-dealkylation sites (tertiary alicyclic amines) is 1. The SMILES string of the molecule is c1ccc(CN2CCC[C@@H](NCc3cccc4c3OCO4)C2)cc1. The molecule has 2 aliphatic rings. The second-order valence-corrected chi connectivity index (χ2v) is 6.59. The lowest BCUT2D eigenvalue weighted by Gasteiger charge is -2.33. The second-order valence-electron chi connectivity index (χ2n) is 6.59. The van der Waals surface area contributed by atoms with Crippen LogP contribution in [-0.4, -0.2) is 30.8 Å². The molecule has 126 valence electrons. The minimum atomic E-state index is 0.334. The van der Waals surface area contributed by atoms with Crippen molar-refractivity contribution in [1.82, 2.24) is 10.2 Å². The molecule has 1 atom stereocenters. The van der Waals surface area contributed by atoms with Crippen molar-refractivity contribution < 1.29 is 9.47 Å². The van der Waals surface area contributed by atoms with Crippen molar-refractivity contribution in [3.8, 4) is 11.5 Å². The van der Waals surface area contributed by atoms with Crippen LogP contribution in [0.5, 0.6) is 11.5 Å². The van der Waals surface area contributed by atoms with E-state index >= 15 is 0 Å². The van der Waals surface area contributed by atoms with Crippen LogP contribution >= 0.6 is 0 Å². The lowest BCUT2D eigenvalue weighted by atomic mass is 10.0.